The van der Waals surface area contributed by atoms with E-state index in [-0.39, 0.29) is 0 Å². The van der Waals surface area contributed by atoms with E-state index in [1.807, 2.05) is 0 Å². The molecule has 144 valence electrons. The van der Waals surface area contributed by atoms with Crippen LogP contribution in [-0.4, -0.2) is 12.7 Å². The van der Waals surface area contributed by atoms with Gasteiger partial charge in [0.1, 0.15) is 0 Å². The van der Waals surface area contributed by atoms with E-state index >= 15 is 0 Å². The lowest BCUT2D eigenvalue weighted by molar-refractivity contribution is -0.112. The lowest BCUT2D eigenvalue weighted by Crippen LogP contribution is -2.52. The summed E-state index contributed by atoms with van der Waals surface area (Å²) in [6.07, 6.45) is 16.9. The second-order valence-corrected chi connectivity index (χ2v) is 10.9. The maximum absolute atomic E-state index is 5.92. The average molecular weight is 347 g/mol. The Hall–Kier alpha value is -0.0400. The van der Waals surface area contributed by atoms with Crippen molar-refractivity contribution in [1.82, 2.24) is 0 Å². The molecule has 0 aromatic heterocycles. The Morgan fingerprint density at radius 2 is 1.64 bits per heavy atom. The molecule has 0 aromatic rings. The third-order valence-electron chi connectivity index (χ3n) is 9.70. The zero-order chi connectivity index (χ0) is 17.7. The van der Waals surface area contributed by atoms with E-state index in [2.05, 4.69) is 27.7 Å². The summed E-state index contributed by atoms with van der Waals surface area (Å²) in [6.45, 7) is 10.7. The predicted molar refractivity (Wildman–Crippen MR) is 106 cm³/mol. The Bertz CT molecular complexity index is 471. The number of rotatable bonds is 4. The first-order valence-electron chi connectivity index (χ1n) is 11.6. The quantitative estimate of drug-likeness (QED) is 0.541. The summed E-state index contributed by atoms with van der Waals surface area (Å²) in [7, 11) is 0. The fraction of sp³-hybridized carbons (Fsp3) is 1.00. The standard InChI is InChI=1S/C24H42O/c1-17(2)25-16-13-19-9-11-21-20-10-8-18-7-5-6-14-23(18,3)22(20)12-15-24(19,21)4/h17-22H,5-16H2,1-4H3/t18-,19-,20+,21+,22+,23+,24-/m1/s1. The molecule has 0 aliphatic heterocycles. The van der Waals surface area contributed by atoms with Gasteiger partial charge in [0.15, 0.2) is 0 Å². The first kappa shape index (κ1) is 18.3. The fourth-order valence-electron chi connectivity index (χ4n) is 8.32. The second kappa shape index (κ2) is 6.84. The maximum Gasteiger partial charge on any atom is 0.0518 e. The van der Waals surface area contributed by atoms with Crippen molar-refractivity contribution in [3.8, 4) is 0 Å². The van der Waals surface area contributed by atoms with Crippen LogP contribution < -0.4 is 0 Å². The Morgan fingerprint density at radius 3 is 2.44 bits per heavy atom. The molecule has 0 bridgehead atoms. The van der Waals surface area contributed by atoms with Gasteiger partial charge in [-0.15, -0.1) is 0 Å². The summed E-state index contributed by atoms with van der Waals surface area (Å²) >= 11 is 0. The molecule has 4 aliphatic carbocycles. The Labute approximate surface area is 156 Å². The van der Waals surface area contributed by atoms with E-state index in [0.29, 0.717) is 16.9 Å². The average Bonchev–Trinajstić information content (AvgIpc) is 2.91. The Kier molecular flexibility index (Phi) is 5.02. The van der Waals surface area contributed by atoms with Gasteiger partial charge in [-0.2, -0.15) is 0 Å². The molecule has 4 saturated carbocycles. The van der Waals surface area contributed by atoms with E-state index < -0.39 is 0 Å². The molecule has 0 unspecified atom stereocenters. The molecular formula is C24H42O. The summed E-state index contributed by atoms with van der Waals surface area (Å²) < 4.78 is 5.92. The number of hydrogen-bond donors (Lipinski definition) is 0. The van der Waals surface area contributed by atoms with Gasteiger partial charge in [0.05, 0.1) is 6.10 Å². The molecule has 4 fully saturated rings. The molecule has 0 aromatic carbocycles. The van der Waals surface area contributed by atoms with Gasteiger partial charge in [-0.05, 0) is 112 Å². The zero-order valence-corrected chi connectivity index (χ0v) is 17.4. The minimum atomic E-state index is 0.391. The summed E-state index contributed by atoms with van der Waals surface area (Å²) in [6, 6.07) is 0. The van der Waals surface area contributed by atoms with Crippen molar-refractivity contribution < 1.29 is 4.74 Å². The van der Waals surface area contributed by atoms with Crippen LogP contribution in [0.3, 0.4) is 0 Å². The third-order valence-corrected chi connectivity index (χ3v) is 9.70. The van der Waals surface area contributed by atoms with Crippen LogP contribution in [0.25, 0.3) is 0 Å². The minimum absolute atomic E-state index is 0.391. The molecule has 1 heteroatoms. The maximum atomic E-state index is 5.92. The van der Waals surface area contributed by atoms with E-state index in [1.165, 1.54) is 57.8 Å². The lowest BCUT2D eigenvalue weighted by Gasteiger charge is -2.60. The zero-order valence-electron chi connectivity index (χ0n) is 17.4. The molecular weight excluding hydrogens is 304 g/mol. The molecule has 0 heterocycles. The summed E-state index contributed by atoms with van der Waals surface area (Å²) in [5.74, 6) is 5.11. The monoisotopic (exact) mass is 346 g/mol. The molecule has 4 rings (SSSR count). The smallest absolute Gasteiger partial charge is 0.0518 e. The highest BCUT2D eigenvalue weighted by atomic mass is 16.5. The second-order valence-electron chi connectivity index (χ2n) is 10.9. The van der Waals surface area contributed by atoms with Gasteiger partial charge >= 0.3 is 0 Å². The molecule has 0 amide bonds. The molecule has 0 saturated heterocycles. The highest BCUT2D eigenvalue weighted by Crippen LogP contribution is 2.67. The number of hydrogen-bond acceptors (Lipinski definition) is 1. The molecule has 25 heavy (non-hydrogen) atoms. The summed E-state index contributed by atoms with van der Waals surface area (Å²) in [4.78, 5) is 0. The van der Waals surface area contributed by atoms with Gasteiger partial charge in [-0.25, -0.2) is 0 Å². The molecule has 0 spiro atoms. The van der Waals surface area contributed by atoms with Crippen LogP contribution in [0.4, 0.5) is 0 Å². The van der Waals surface area contributed by atoms with E-state index in [0.717, 1.165) is 36.2 Å². The van der Waals surface area contributed by atoms with Crippen molar-refractivity contribution in [3.05, 3.63) is 0 Å². The highest BCUT2D eigenvalue weighted by molar-refractivity contribution is 5.08. The van der Waals surface area contributed by atoms with Gasteiger partial charge in [-0.3, -0.25) is 0 Å². The van der Waals surface area contributed by atoms with Crippen molar-refractivity contribution in [2.24, 2.45) is 40.4 Å². The van der Waals surface area contributed by atoms with Gasteiger partial charge in [-0.1, -0.05) is 26.7 Å². The molecule has 4 aliphatic rings. The normalized spacial score (nSPS) is 49.6. The molecule has 0 N–H and O–H groups in total. The molecule has 0 radical (unpaired) electrons. The Morgan fingerprint density at radius 1 is 0.840 bits per heavy atom. The van der Waals surface area contributed by atoms with Crippen molar-refractivity contribution in [2.75, 3.05) is 6.61 Å². The largest absolute Gasteiger partial charge is 0.379 e. The predicted octanol–water partition coefficient (Wildman–Crippen LogP) is 6.85. The van der Waals surface area contributed by atoms with Crippen LogP contribution in [0.5, 0.6) is 0 Å². The van der Waals surface area contributed by atoms with E-state index in [1.54, 1.807) is 12.8 Å². The van der Waals surface area contributed by atoms with Gasteiger partial charge in [0.25, 0.3) is 0 Å². The molecule has 1 nitrogen and oxygen atoms in total. The van der Waals surface area contributed by atoms with E-state index in [4.69, 9.17) is 4.74 Å². The first-order valence-corrected chi connectivity index (χ1v) is 11.6. The first-order chi connectivity index (χ1) is 11.9. The van der Waals surface area contributed by atoms with Crippen LogP contribution in [0.2, 0.25) is 0 Å². The van der Waals surface area contributed by atoms with E-state index in [9.17, 15) is 0 Å². The van der Waals surface area contributed by atoms with Crippen LogP contribution in [0, 0.1) is 40.4 Å². The lowest BCUT2D eigenvalue weighted by atomic mass is 9.45. The number of ether oxygens (including phenoxy) is 1. The van der Waals surface area contributed by atoms with Crippen molar-refractivity contribution >= 4 is 0 Å². The van der Waals surface area contributed by atoms with Gasteiger partial charge in [0, 0.05) is 6.61 Å². The van der Waals surface area contributed by atoms with Crippen LogP contribution in [-0.2, 0) is 4.74 Å². The third kappa shape index (κ3) is 3.01. The van der Waals surface area contributed by atoms with Gasteiger partial charge in [0.2, 0.25) is 0 Å². The minimum Gasteiger partial charge on any atom is -0.379 e. The van der Waals surface area contributed by atoms with Crippen molar-refractivity contribution in [3.63, 3.8) is 0 Å². The van der Waals surface area contributed by atoms with Crippen molar-refractivity contribution in [2.45, 2.75) is 104 Å². The van der Waals surface area contributed by atoms with Crippen LogP contribution >= 0.6 is 0 Å². The highest BCUT2D eigenvalue weighted by Gasteiger charge is 2.59. The van der Waals surface area contributed by atoms with Crippen molar-refractivity contribution in [1.29, 1.82) is 0 Å². The fourth-order valence-corrected chi connectivity index (χ4v) is 8.32. The van der Waals surface area contributed by atoms with Gasteiger partial charge < -0.3 is 4.74 Å². The van der Waals surface area contributed by atoms with Crippen LogP contribution in [0.1, 0.15) is 98.3 Å². The topological polar surface area (TPSA) is 9.23 Å². The number of fused-ring (bicyclic) bond motifs is 5. The Balaban J connectivity index is 1.48. The van der Waals surface area contributed by atoms with Crippen LogP contribution in [0.15, 0.2) is 0 Å². The summed E-state index contributed by atoms with van der Waals surface area (Å²) in [5, 5.41) is 0. The summed E-state index contributed by atoms with van der Waals surface area (Å²) in [5.41, 5.74) is 1.32. The molecule has 7 atom stereocenters. The SMILES string of the molecule is CC(C)OCC[C@H]1CC[C@H]2[C@@H]3CC[C@H]4CCCC[C@]4(C)[C@H]3CC[C@]12C.